The fourth-order valence-electron chi connectivity index (χ4n) is 4.09. The second-order valence-corrected chi connectivity index (χ2v) is 8.74. The number of likely N-dealkylation sites (tertiary alicyclic amines) is 1. The van der Waals surface area contributed by atoms with Crippen LogP contribution in [0, 0.1) is 11.7 Å². The predicted octanol–water partition coefficient (Wildman–Crippen LogP) is 4.27. The van der Waals surface area contributed by atoms with Crippen LogP contribution in [0.3, 0.4) is 0 Å². The standard InChI is InChI=1S/C20H26ClFN2O3/c1-20(2,3)27-19(26)24-15-9-5-6-12(15)10-16(24)18(25)23-11-13-7-4-8-14(21)17(13)22/h4,7-8,12,15-16H,5-6,9-11H2,1-3H3,(H,23,25). The molecule has 3 unspecified atom stereocenters. The van der Waals surface area contributed by atoms with Crippen molar-refractivity contribution in [2.45, 2.75) is 70.7 Å². The summed E-state index contributed by atoms with van der Waals surface area (Å²) in [4.78, 5) is 27.2. The van der Waals surface area contributed by atoms with Gasteiger partial charge in [0.05, 0.1) is 5.02 Å². The maximum atomic E-state index is 14.0. The van der Waals surface area contributed by atoms with Gasteiger partial charge in [-0.3, -0.25) is 9.69 Å². The van der Waals surface area contributed by atoms with Crippen molar-refractivity contribution in [2.75, 3.05) is 0 Å². The van der Waals surface area contributed by atoms with E-state index in [1.54, 1.807) is 17.0 Å². The maximum Gasteiger partial charge on any atom is 0.411 e. The summed E-state index contributed by atoms with van der Waals surface area (Å²) in [5.41, 5.74) is -0.309. The number of rotatable bonds is 3. The first-order valence-electron chi connectivity index (χ1n) is 9.39. The average molecular weight is 397 g/mol. The first-order valence-corrected chi connectivity index (χ1v) is 9.77. The Morgan fingerprint density at radius 3 is 2.78 bits per heavy atom. The Hall–Kier alpha value is -1.82. The zero-order valence-electron chi connectivity index (χ0n) is 15.9. The molecule has 2 amide bonds. The molecule has 1 saturated carbocycles. The van der Waals surface area contributed by atoms with E-state index in [4.69, 9.17) is 16.3 Å². The molecule has 1 aromatic rings. The van der Waals surface area contributed by atoms with Crippen molar-refractivity contribution >= 4 is 23.6 Å². The molecule has 1 heterocycles. The SMILES string of the molecule is CC(C)(C)OC(=O)N1C(C(=O)NCc2cccc(Cl)c2F)CC2CCCC21. The van der Waals surface area contributed by atoms with Crippen molar-refractivity contribution in [3.8, 4) is 0 Å². The lowest BCUT2D eigenvalue weighted by Gasteiger charge is -2.31. The number of amides is 2. The van der Waals surface area contributed by atoms with Crippen molar-refractivity contribution in [1.29, 1.82) is 0 Å². The zero-order chi connectivity index (χ0) is 19.8. The highest BCUT2D eigenvalue weighted by molar-refractivity contribution is 6.30. The van der Waals surface area contributed by atoms with Crippen LogP contribution in [0.25, 0.3) is 0 Å². The van der Waals surface area contributed by atoms with Gasteiger partial charge in [-0.15, -0.1) is 0 Å². The van der Waals surface area contributed by atoms with Crippen LogP contribution in [0.5, 0.6) is 0 Å². The van der Waals surface area contributed by atoms with Gasteiger partial charge in [0, 0.05) is 18.2 Å². The molecule has 1 aromatic carbocycles. The van der Waals surface area contributed by atoms with Crippen LogP contribution in [0.15, 0.2) is 18.2 Å². The van der Waals surface area contributed by atoms with Gasteiger partial charge in [-0.25, -0.2) is 9.18 Å². The van der Waals surface area contributed by atoms with Crippen LogP contribution in [-0.2, 0) is 16.1 Å². The van der Waals surface area contributed by atoms with Crippen LogP contribution in [-0.4, -0.2) is 34.6 Å². The molecule has 1 aliphatic carbocycles. The number of benzene rings is 1. The number of carbonyl (C=O) groups excluding carboxylic acids is 2. The predicted molar refractivity (Wildman–Crippen MR) is 101 cm³/mol. The van der Waals surface area contributed by atoms with Gasteiger partial charge in [0.1, 0.15) is 17.5 Å². The lowest BCUT2D eigenvalue weighted by molar-refractivity contribution is -0.126. The van der Waals surface area contributed by atoms with E-state index < -0.39 is 23.6 Å². The monoisotopic (exact) mass is 396 g/mol. The summed E-state index contributed by atoms with van der Waals surface area (Å²) in [6.07, 6.45) is 3.11. The molecule has 2 fully saturated rings. The summed E-state index contributed by atoms with van der Waals surface area (Å²) in [6.45, 7) is 5.46. The molecule has 0 radical (unpaired) electrons. The Balaban J connectivity index is 1.71. The third-order valence-corrected chi connectivity index (χ3v) is 5.52. The molecule has 3 rings (SSSR count). The second kappa shape index (κ2) is 7.66. The number of ether oxygens (including phenoxy) is 1. The molecule has 1 saturated heterocycles. The quantitative estimate of drug-likeness (QED) is 0.829. The van der Waals surface area contributed by atoms with E-state index in [9.17, 15) is 14.0 Å². The zero-order valence-corrected chi connectivity index (χ0v) is 16.7. The Morgan fingerprint density at radius 2 is 2.07 bits per heavy atom. The van der Waals surface area contributed by atoms with Gasteiger partial charge in [-0.05, 0) is 52.0 Å². The normalized spacial score (nSPS) is 24.6. The fraction of sp³-hybridized carbons (Fsp3) is 0.600. The van der Waals surface area contributed by atoms with E-state index in [0.717, 1.165) is 19.3 Å². The Kier molecular flexibility index (Phi) is 5.65. The summed E-state index contributed by atoms with van der Waals surface area (Å²) in [6, 6.07) is 4.14. The number of hydrogen-bond donors (Lipinski definition) is 1. The van der Waals surface area contributed by atoms with E-state index in [2.05, 4.69) is 5.32 Å². The lowest BCUT2D eigenvalue weighted by Crippen LogP contribution is -2.50. The highest BCUT2D eigenvalue weighted by Gasteiger charge is 2.49. The summed E-state index contributed by atoms with van der Waals surface area (Å²) in [5.74, 6) is -0.502. The Bertz CT molecular complexity index is 734. The van der Waals surface area contributed by atoms with Crippen LogP contribution in [0.2, 0.25) is 5.02 Å². The number of fused-ring (bicyclic) bond motifs is 1. The Labute approximate surface area is 164 Å². The molecule has 0 bridgehead atoms. The summed E-state index contributed by atoms with van der Waals surface area (Å²) in [7, 11) is 0. The molecule has 5 nitrogen and oxygen atoms in total. The number of nitrogens with zero attached hydrogens (tertiary/aromatic N) is 1. The van der Waals surface area contributed by atoms with Crippen LogP contribution < -0.4 is 5.32 Å². The van der Waals surface area contributed by atoms with Gasteiger partial charge >= 0.3 is 6.09 Å². The van der Waals surface area contributed by atoms with Gasteiger partial charge in [0.15, 0.2) is 0 Å². The molecule has 148 valence electrons. The van der Waals surface area contributed by atoms with E-state index in [1.165, 1.54) is 6.07 Å². The van der Waals surface area contributed by atoms with Crippen molar-refractivity contribution in [3.05, 3.63) is 34.6 Å². The first-order chi connectivity index (χ1) is 12.7. The molecule has 7 heteroatoms. The van der Waals surface area contributed by atoms with Crippen molar-refractivity contribution in [1.82, 2.24) is 10.2 Å². The second-order valence-electron chi connectivity index (χ2n) is 8.33. The number of halogens is 2. The van der Waals surface area contributed by atoms with Crippen molar-refractivity contribution < 1.29 is 18.7 Å². The number of nitrogens with one attached hydrogen (secondary N) is 1. The number of hydrogen-bond acceptors (Lipinski definition) is 3. The number of carbonyl (C=O) groups is 2. The summed E-state index contributed by atoms with van der Waals surface area (Å²) < 4.78 is 19.6. The molecule has 0 spiro atoms. The molecule has 1 aliphatic heterocycles. The molecule has 0 aromatic heterocycles. The highest BCUT2D eigenvalue weighted by Crippen LogP contribution is 2.42. The minimum Gasteiger partial charge on any atom is -0.444 e. The van der Waals surface area contributed by atoms with Crippen LogP contribution >= 0.6 is 11.6 Å². The summed E-state index contributed by atoms with van der Waals surface area (Å²) in [5, 5.41) is 2.78. The molecular weight excluding hydrogens is 371 g/mol. The van der Waals surface area contributed by atoms with E-state index in [0.29, 0.717) is 17.9 Å². The van der Waals surface area contributed by atoms with E-state index >= 15 is 0 Å². The minimum absolute atomic E-state index is 0.0209. The summed E-state index contributed by atoms with van der Waals surface area (Å²) >= 11 is 5.79. The first kappa shape index (κ1) is 19.9. The molecule has 3 atom stereocenters. The van der Waals surface area contributed by atoms with Gasteiger partial charge < -0.3 is 10.1 Å². The molecule has 2 aliphatic rings. The van der Waals surface area contributed by atoms with Gasteiger partial charge in [0.25, 0.3) is 0 Å². The topological polar surface area (TPSA) is 58.6 Å². The average Bonchev–Trinajstić information content (AvgIpc) is 3.14. The third-order valence-electron chi connectivity index (χ3n) is 5.23. The smallest absolute Gasteiger partial charge is 0.411 e. The fourth-order valence-corrected chi connectivity index (χ4v) is 4.28. The lowest BCUT2D eigenvalue weighted by atomic mass is 10.0. The van der Waals surface area contributed by atoms with Crippen LogP contribution in [0.1, 0.15) is 52.0 Å². The minimum atomic E-state index is -0.626. The van der Waals surface area contributed by atoms with Crippen LogP contribution in [0.4, 0.5) is 9.18 Å². The van der Waals surface area contributed by atoms with Gasteiger partial charge in [-0.2, -0.15) is 0 Å². The van der Waals surface area contributed by atoms with Crippen molar-refractivity contribution in [3.63, 3.8) is 0 Å². The van der Waals surface area contributed by atoms with E-state index in [-0.39, 0.29) is 23.5 Å². The Morgan fingerprint density at radius 1 is 1.33 bits per heavy atom. The third kappa shape index (κ3) is 4.37. The molecular formula is C20H26ClFN2O3. The molecule has 27 heavy (non-hydrogen) atoms. The maximum absolute atomic E-state index is 14.0. The highest BCUT2D eigenvalue weighted by atomic mass is 35.5. The van der Waals surface area contributed by atoms with Gasteiger partial charge in [-0.1, -0.05) is 30.2 Å². The molecule has 1 N–H and O–H groups in total. The van der Waals surface area contributed by atoms with Gasteiger partial charge in [0.2, 0.25) is 5.91 Å². The van der Waals surface area contributed by atoms with E-state index in [1.807, 2.05) is 20.8 Å². The largest absolute Gasteiger partial charge is 0.444 e. The van der Waals surface area contributed by atoms with Crippen molar-refractivity contribution in [2.24, 2.45) is 5.92 Å².